The number of aryl methyl sites for hydroxylation is 1. The van der Waals surface area contributed by atoms with Crippen LogP contribution >= 0.6 is 11.3 Å². The number of carbonyl (C=O) groups excluding carboxylic acids is 1. The van der Waals surface area contributed by atoms with Crippen molar-refractivity contribution in [2.75, 3.05) is 5.32 Å². The molecule has 0 saturated carbocycles. The second-order valence-electron chi connectivity index (χ2n) is 5.14. The number of benzene rings is 2. The smallest absolute Gasteiger partial charge is 0.387 e. The van der Waals surface area contributed by atoms with Crippen molar-refractivity contribution in [2.24, 2.45) is 0 Å². The molecule has 1 N–H and O–H groups in total. The lowest BCUT2D eigenvalue weighted by molar-refractivity contribution is -0.0498. The largest absolute Gasteiger partial charge is 0.435 e. The Hall–Kier alpha value is -2.87. The normalized spacial score (nSPS) is 10.7. The van der Waals surface area contributed by atoms with Crippen LogP contribution in [0.4, 0.5) is 13.9 Å². The average molecular weight is 361 g/mol. The van der Waals surface area contributed by atoms with E-state index < -0.39 is 6.61 Å². The predicted octanol–water partition coefficient (Wildman–Crippen LogP) is 4.37. The van der Waals surface area contributed by atoms with Crippen LogP contribution < -0.4 is 10.1 Å². The maximum atomic E-state index is 12.2. The van der Waals surface area contributed by atoms with Crippen LogP contribution in [0, 0.1) is 6.92 Å². The van der Waals surface area contributed by atoms with Crippen molar-refractivity contribution >= 4 is 22.4 Å². The molecule has 3 aromatic rings. The number of anilines is 1. The fourth-order valence-electron chi connectivity index (χ4n) is 2.04. The van der Waals surface area contributed by atoms with Gasteiger partial charge < -0.3 is 4.74 Å². The summed E-state index contributed by atoms with van der Waals surface area (Å²) in [4.78, 5) is 12.2. The van der Waals surface area contributed by atoms with Crippen molar-refractivity contribution in [3.8, 4) is 16.3 Å². The van der Waals surface area contributed by atoms with Gasteiger partial charge in [-0.2, -0.15) is 8.78 Å². The Bertz CT molecular complexity index is 864. The number of rotatable bonds is 5. The number of carbonyl (C=O) groups is 1. The predicted molar refractivity (Wildman–Crippen MR) is 91.1 cm³/mol. The molecule has 0 unspecified atom stereocenters. The molecule has 0 aliphatic rings. The Morgan fingerprint density at radius 1 is 1.08 bits per heavy atom. The van der Waals surface area contributed by atoms with E-state index in [1.54, 1.807) is 24.3 Å². The number of aromatic nitrogens is 2. The molecule has 0 fully saturated rings. The van der Waals surface area contributed by atoms with Crippen LogP contribution in [0.15, 0.2) is 48.5 Å². The van der Waals surface area contributed by atoms with E-state index in [0.29, 0.717) is 21.3 Å². The third-order valence-electron chi connectivity index (χ3n) is 3.29. The molecule has 0 bridgehead atoms. The lowest BCUT2D eigenvalue weighted by Crippen LogP contribution is -2.11. The Morgan fingerprint density at radius 2 is 1.76 bits per heavy atom. The van der Waals surface area contributed by atoms with Gasteiger partial charge in [-0.15, -0.1) is 10.2 Å². The summed E-state index contributed by atoms with van der Waals surface area (Å²) in [6.07, 6.45) is 0. The molecular weight excluding hydrogens is 348 g/mol. The first-order valence-electron chi connectivity index (χ1n) is 7.28. The van der Waals surface area contributed by atoms with E-state index in [1.165, 1.54) is 23.5 Å². The molecule has 5 nitrogen and oxygen atoms in total. The lowest BCUT2D eigenvalue weighted by atomic mass is 10.1. The minimum absolute atomic E-state index is 0.0659. The summed E-state index contributed by atoms with van der Waals surface area (Å²) in [5.74, 6) is -0.209. The molecule has 0 spiro atoms. The third-order valence-corrected chi connectivity index (χ3v) is 4.17. The highest BCUT2D eigenvalue weighted by Gasteiger charge is 2.12. The van der Waals surface area contributed by atoms with E-state index >= 15 is 0 Å². The second-order valence-corrected chi connectivity index (χ2v) is 6.11. The summed E-state index contributed by atoms with van der Waals surface area (Å²) in [6.45, 7) is -0.924. The third kappa shape index (κ3) is 4.36. The zero-order valence-corrected chi connectivity index (χ0v) is 13.9. The molecule has 1 aromatic heterocycles. The number of alkyl halides is 2. The molecule has 128 valence electrons. The molecule has 8 heteroatoms. The summed E-state index contributed by atoms with van der Waals surface area (Å²) < 4.78 is 28.6. The van der Waals surface area contributed by atoms with Gasteiger partial charge in [0.25, 0.3) is 5.91 Å². The summed E-state index contributed by atoms with van der Waals surface area (Å²) in [6, 6.07) is 13.2. The molecule has 3 rings (SSSR count). The number of nitrogens with zero attached hydrogens (tertiary/aromatic N) is 2. The van der Waals surface area contributed by atoms with Gasteiger partial charge in [-0.3, -0.25) is 10.1 Å². The van der Waals surface area contributed by atoms with Gasteiger partial charge in [0.05, 0.1) is 0 Å². The number of nitrogens with one attached hydrogen (secondary N) is 1. The standard InChI is InChI=1S/C17H13F2N3O2S/c1-10-2-4-11(5-3-10)14(23)20-17-22-21-15(25-17)12-6-8-13(9-7-12)24-16(18)19/h2-9,16H,1H3,(H,20,22,23). The molecule has 0 saturated heterocycles. The van der Waals surface area contributed by atoms with Crippen molar-refractivity contribution in [2.45, 2.75) is 13.5 Å². The Balaban J connectivity index is 1.69. The van der Waals surface area contributed by atoms with Gasteiger partial charge in [0.1, 0.15) is 10.8 Å². The molecule has 1 heterocycles. The number of hydrogen-bond acceptors (Lipinski definition) is 5. The monoisotopic (exact) mass is 361 g/mol. The van der Waals surface area contributed by atoms with E-state index in [2.05, 4.69) is 20.3 Å². The molecule has 0 radical (unpaired) electrons. The first-order chi connectivity index (χ1) is 12.0. The topological polar surface area (TPSA) is 64.1 Å². The highest BCUT2D eigenvalue weighted by atomic mass is 32.1. The van der Waals surface area contributed by atoms with Crippen LogP contribution in [0.1, 0.15) is 15.9 Å². The summed E-state index contributed by atoms with van der Waals surface area (Å²) in [5, 5.41) is 11.5. The first-order valence-corrected chi connectivity index (χ1v) is 8.10. The summed E-state index contributed by atoms with van der Waals surface area (Å²) in [7, 11) is 0. The number of amides is 1. The zero-order chi connectivity index (χ0) is 17.8. The first kappa shape index (κ1) is 17.0. The summed E-state index contributed by atoms with van der Waals surface area (Å²) in [5.41, 5.74) is 2.28. The van der Waals surface area contributed by atoms with Crippen molar-refractivity contribution in [3.05, 3.63) is 59.7 Å². The fraction of sp³-hybridized carbons (Fsp3) is 0.118. The van der Waals surface area contributed by atoms with Gasteiger partial charge in [0.2, 0.25) is 5.13 Å². The van der Waals surface area contributed by atoms with Gasteiger partial charge in [-0.05, 0) is 43.3 Å². The van der Waals surface area contributed by atoms with Gasteiger partial charge in [-0.1, -0.05) is 29.0 Å². The number of hydrogen-bond donors (Lipinski definition) is 1. The van der Waals surface area contributed by atoms with Crippen LogP contribution in [0.3, 0.4) is 0 Å². The highest BCUT2D eigenvalue weighted by Crippen LogP contribution is 2.28. The SMILES string of the molecule is Cc1ccc(C(=O)Nc2nnc(-c3ccc(OC(F)F)cc3)s2)cc1. The minimum atomic E-state index is -2.86. The molecule has 1 amide bonds. The summed E-state index contributed by atoms with van der Waals surface area (Å²) >= 11 is 1.19. The number of halogens is 2. The Morgan fingerprint density at radius 3 is 2.40 bits per heavy atom. The van der Waals surface area contributed by atoms with Crippen LogP contribution in [-0.2, 0) is 0 Å². The van der Waals surface area contributed by atoms with Crippen molar-refractivity contribution in [1.29, 1.82) is 0 Å². The lowest BCUT2D eigenvalue weighted by Gasteiger charge is -2.04. The minimum Gasteiger partial charge on any atom is -0.435 e. The van der Waals surface area contributed by atoms with Crippen LogP contribution in [0.2, 0.25) is 0 Å². The quantitative estimate of drug-likeness (QED) is 0.733. The van der Waals surface area contributed by atoms with Gasteiger partial charge in [0.15, 0.2) is 0 Å². The molecular formula is C17H13F2N3O2S. The molecule has 0 atom stereocenters. The highest BCUT2D eigenvalue weighted by molar-refractivity contribution is 7.18. The Kier molecular flexibility index (Phi) is 4.99. The van der Waals surface area contributed by atoms with Crippen molar-refractivity contribution < 1.29 is 18.3 Å². The van der Waals surface area contributed by atoms with E-state index in [4.69, 9.17) is 0 Å². The Labute approximate surface area is 146 Å². The second kappa shape index (κ2) is 7.35. The van der Waals surface area contributed by atoms with Gasteiger partial charge in [-0.25, -0.2) is 0 Å². The molecule has 0 aliphatic heterocycles. The van der Waals surface area contributed by atoms with Crippen LogP contribution in [-0.4, -0.2) is 22.7 Å². The van der Waals surface area contributed by atoms with Gasteiger partial charge in [0, 0.05) is 11.1 Å². The van der Waals surface area contributed by atoms with Crippen LogP contribution in [0.25, 0.3) is 10.6 Å². The maximum absolute atomic E-state index is 12.2. The van der Waals surface area contributed by atoms with E-state index in [0.717, 1.165) is 5.56 Å². The molecule has 2 aromatic carbocycles. The van der Waals surface area contributed by atoms with Crippen LogP contribution in [0.5, 0.6) is 5.75 Å². The van der Waals surface area contributed by atoms with Crippen molar-refractivity contribution in [3.63, 3.8) is 0 Å². The van der Waals surface area contributed by atoms with E-state index in [9.17, 15) is 13.6 Å². The maximum Gasteiger partial charge on any atom is 0.387 e. The average Bonchev–Trinajstić information content (AvgIpc) is 3.04. The van der Waals surface area contributed by atoms with Gasteiger partial charge >= 0.3 is 6.61 Å². The fourth-order valence-corrected chi connectivity index (χ4v) is 2.79. The molecule has 0 aliphatic carbocycles. The van der Waals surface area contributed by atoms with Crippen molar-refractivity contribution in [1.82, 2.24) is 10.2 Å². The number of ether oxygens (including phenoxy) is 1. The van der Waals surface area contributed by atoms with E-state index in [1.807, 2.05) is 19.1 Å². The van der Waals surface area contributed by atoms with E-state index in [-0.39, 0.29) is 11.7 Å². The molecule has 25 heavy (non-hydrogen) atoms. The zero-order valence-electron chi connectivity index (χ0n) is 13.1.